The van der Waals surface area contributed by atoms with Crippen molar-refractivity contribution < 1.29 is 13.9 Å². The van der Waals surface area contributed by atoms with E-state index in [0.717, 1.165) is 12.0 Å². The lowest BCUT2D eigenvalue weighted by molar-refractivity contribution is 0.454. The number of hydrogen-bond acceptors (Lipinski definition) is 3. The lowest BCUT2D eigenvalue weighted by Crippen LogP contribution is -1.90. The Morgan fingerprint density at radius 2 is 2.25 bits per heavy atom. The van der Waals surface area contributed by atoms with Crippen molar-refractivity contribution >= 4 is 11.1 Å². The van der Waals surface area contributed by atoms with Gasteiger partial charge in [0.25, 0.3) is 0 Å². The predicted octanol–water partition coefficient (Wildman–Crippen LogP) is 1.19. The van der Waals surface area contributed by atoms with Gasteiger partial charge in [-0.3, -0.25) is 4.21 Å². The Bertz CT molecular complexity index is 309. The highest BCUT2D eigenvalue weighted by molar-refractivity contribution is 7.79. The van der Waals surface area contributed by atoms with E-state index in [4.69, 9.17) is 0 Å². The molecule has 0 radical (unpaired) electrons. The molecule has 1 unspecified atom stereocenters. The number of phenolic OH excluding ortho intramolecular Hbond substituents is 1. The summed E-state index contributed by atoms with van der Waals surface area (Å²) in [5.41, 5.74) is 0.918. The van der Waals surface area contributed by atoms with Gasteiger partial charge in [-0.1, -0.05) is 13.0 Å². The first-order chi connectivity index (χ1) is 5.65. The highest BCUT2D eigenvalue weighted by atomic mass is 32.2. The van der Waals surface area contributed by atoms with E-state index in [1.807, 2.05) is 6.92 Å². The quantitative estimate of drug-likeness (QED) is 0.704. The van der Waals surface area contributed by atoms with Gasteiger partial charge in [0.05, 0.1) is 4.90 Å². The van der Waals surface area contributed by atoms with E-state index in [1.54, 1.807) is 6.07 Å². The van der Waals surface area contributed by atoms with Crippen LogP contribution in [0.25, 0.3) is 0 Å². The Balaban J connectivity index is 3.12. The zero-order valence-electron chi connectivity index (χ0n) is 6.61. The van der Waals surface area contributed by atoms with E-state index in [1.165, 1.54) is 12.1 Å². The van der Waals surface area contributed by atoms with Crippen LogP contribution in [0.2, 0.25) is 0 Å². The fraction of sp³-hybridized carbons (Fsp3) is 0.250. The summed E-state index contributed by atoms with van der Waals surface area (Å²) in [5.74, 6) is -0.178. The van der Waals surface area contributed by atoms with E-state index in [-0.39, 0.29) is 10.6 Å². The van der Waals surface area contributed by atoms with E-state index < -0.39 is 11.1 Å². The van der Waals surface area contributed by atoms with Gasteiger partial charge in [0.1, 0.15) is 5.75 Å². The van der Waals surface area contributed by atoms with Crippen molar-refractivity contribution in [1.82, 2.24) is 0 Å². The van der Waals surface area contributed by atoms with Gasteiger partial charge < -0.3 is 9.66 Å². The molecule has 0 aliphatic rings. The Morgan fingerprint density at radius 3 is 2.67 bits per heavy atom. The second-order valence-electron chi connectivity index (χ2n) is 2.39. The largest absolute Gasteiger partial charge is 0.768 e. The highest BCUT2D eigenvalue weighted by Crippen LogP contribution is 2.21. The van der Waals surface area contributed by atoms with Gasteiger partial charge in [-0.05, 0) is 35.2 Å². The number of benzene rings is 1. The molecule has 0 fully saturated rings. The minimum atomic E-state index is -2.35. The van der Waals surface area contributed by atoms with Crippen LogP contribution in [0.5, 0.6) is 5.75 Å². The maximum atomic E-state index is 10.5. The molecule has 3 nitrogen and oxygen atoms in total. The third-order valence-corrected chi connectivity index (χ3v) is 2.32. The van der Waals surface area contributed by atoms with E-state index in [9.17, 15) is 13.9 Å². The fourth-order valence-corrected chi connectivity index (χ4v) is 1.33. The second kappa shape index (κ2) is 3.69. The smallest absolute Gasteiger partial charge is 0.130 e. The molecule has 12 heavy (non-hydrogen) atoms. The van der Waals surface area contributed by atoms with Crippen molar-refractivity contribution in [1.29, 1.82) is 0 Å². The molecule has 66 valence electrons. The molecule has 0 aliphatic heterocycles. The van der Waals surface area contributed by atoms with Gasteiger partial charge >= 0.3 is 0 Å². The molecule has 1 aromatic rings. The van der Waals surface area contributed by atoms with Gasteiger partial charge in [-0.2, -0.15) is 0 Å². The summed E-state index contributed by atoms with van der Waals surface area (Å²) >= 11 is -2.35. The van der Waals surface area contributed by atoms with Crippen LogP contribution >= 0.6 is 0 Å². The van der Waals surface area contributed by atoms with Crippen molar-refractivity contribution in [3.63, 3.8) is 0 Å². The van der Waals surface area contributed by atoms with Crippen LogP contribution in [0.15, 0.2) is 23.1 Å². The average molecular weight is 185 g/mol. The fourth-order valence-electron chi connectivity index (χ4n) is 0.924. The van der Waals surface area contributed by atoms with Crippen LogP contribution in [0, 0.1) is 0 Å². The molecule has 0 saturated heterocycles. The molecule has 0 saturated carbocycles. The van der Waals surface area contributed by atoms with Crippen LogP contribution < -0.4 is 0 Å². The average Bonchev–Trinajstić information content (AvgIpc) is 2.03. The van der Waals surface area contributed by atoms with Crippen molar-refractivity contribution in [3.05, 3.63) is 23.8 Å². The monoisotopic (exact) mass is 185 g/mol. The van der Waals surface area contributed by atoms with Crippen LogP contribution in [-0.2, 0) is 17.5 Å². The summed E-state index contributed by atoms with van der Waals surface area (Å²) in [6.07, 6.45) is 0.777. The molecule has 0 aliphatic carbocycles. The molecule has 1 aromatic carbocycles. The summed E-state index contributed by atoms with van der Waals surface area (Å²) < 4.78 is 20.9. The number of rotatable bonds is 2. The predicted molar refractivity (Wildman–Crippen MR) is 44.7 cm³/mol. The van der Waals surface area contributed by atoms with E-state index in [2.05, 4.69) is 0 Å². The number of hydrogen-bond donors (Lipinski definition) is 1. The third-order valence-electron chi connectivity index (χ3n) is 1.61. The number of aryl methyl sites for hydroxylation is 1. The summed E-state index contributed by atoms with van der Waals surface area (Å²) in [4.78, 5) is -0.0489. The number of aromatic hydroxyl groups is 1. The molecular weight excluding hydrogens is 176 g/mol. The van der Waals surface area contributed by atoms with Crippen molar-refractivity contribution in [3.8, 4) is 5.75 Å². The second-order valence-corrected chi connectivity index (χ2v) is 3.30. The van der Waals surface area contributed by atoms with Crippen molar-refractivity contribution in [2.24, 2.45) is 0 Å². The highest BCUT2D eigenvalue weighted by Gasteiger charge is 2.01. The Labute approximate surface area is 73.3 Å². The first-order valence-electron chi connectivity index (χ1n) is 3.56. The van der Waals surface area contributed by atoms with Gasteiger partial charge in [0.2, 0.25) is 0 Å². The van der Waals surface area contributed by atoms with E-state index in [0.29, 0.717) is 0 Å². The lowest BCUT2D eigenvalue weighted by Gasteiger charge is -2.08. The summed E-state index contributed by atoms with van der Waals surface area (Å²) in [6.45, 7) is 1.93. The molecule has 1 N–H and O–H groups in total. The lowest BCUT2D eigenvalue weighted by atomic mass is 10.2. The van der Waals surface area contributed by atoms with Gasteiger partial charge in [0.15, 0.2) is 0 Å². The third kappa shape index (κ3) is 1.84. The molecular formula is C8H9O3S-. The molecule has 0 aromatic heterocycles. The minimum absolute atomic E-state index is 0.0489. The maximum Gasteiger partial charge on any atom is 0.130 e. The molecule has 0 spiro atoms. The Morgan fingerprint density at radius 1 is 1.58 bits per heavy atom. The summed E-state index contributed by atoms with van der Waals surface area (Å²) in [7, 11) is 0. The normalized spacial score (nSPS) is 12.8. The van der Waals surface area contributed by atoms with Crippen LogP contribution in [-0.4, -0.2) is 13.9 Å². The molecule has 1 atom stereocenters. The topological polar surface area (TPSA) is 60.4 Å². The summed E-state index contributed by atoms with van der Waals surface area (Å²) in [5, 5.41) is 9.20. The molecule has 4 heteroatoms. The minimum Gasteiger partial charge on any atom is -0.768 e. The zero-order valence-corrected chi connectivity index (χ0v) is 7.43. The molecule has 0 bridgehead atoms. The molecule has 0 amide bonds. The first-order valence-corrected chi connectivity index (χ1v) is 4.63. The SMILES string of the molecule is CCc1ccc(S(=O)[O-])c(O)c1. The Hall–Kier alpha value is -0.870. The van der Waals surface area contributed by atoms with Crippen LogP contribution in [0.1, 0.15) is 12.5 Å². The van der Waals surface area contributed by atoms with Crippen molar-refractivity contribution in [2.45, 2.75) is 18.2 Å². The number of phenols is 1. The van der Waals surface area contributed by atoms with Crippen molar-refractivity contribution in [2.75, 3.05) is 0 Å². The van der Waals surface area contributed by atoms with E-state index >= 15 is 0 Å². The summed E-state index contributed by atoms with van der Waals surface area (Å²) in [6, 6.07) is 4.55. The van der Waals surface area contributed by atoms with Gasteiger partial charge in [-0.15, -0.1) is 0 Å². The van der Waals surface area contributed by atoms with Gasteiger partial charge in [0, 0.05) is 0 Å². The Kier molecular flexibility index (Phi) is 2.83. The maximum absolute atomic E-state index is 10.5. The zero-order chi connectivity index (χ0) is 9.14. The van der Waals surface area contributed by atoms with Crippen LogP contribution in [0.4, 0.5) is 0 Å². The van der Waals surface area contributed by atoms with Gasteiger partial charge in [-0.25, -0.2) is 0 Å². The molecule has 1 rings (SSSR count). The first kappa shape index (κ1) is 9.22. The van der Waals surface area contributed by atoms with Crippen LogP contribution in [0.3, 0.4) is 0 Å². The molecule has 0 heterocycles. The standard InChI is InChI=1S/C8H10O3S/c1-2-6-3-4-8(12(10)11)7(9)5-6/h3-5,9H,2H2,1H3,(H,10,11)/p-1.